The number of hydrogen-bond acceptors (Lipinski definition) is 2. The van der Waals surface area contributed by atoms with Crippen molar-refractivity contribution in [2.24, 2.45) is 0 Å². The van der Waals surface area contributed by atoms with Crippen molar-refractivity contribution in [2.45, 2.75) is 83.7 Å². The minimum absolute atomic E-state index is 0.533. The van der Waals surface area contributed by atoms with E-state index in [0.29, 0.717) is 12.0 Å². The summed E-state index contributed by atoms with van der Waals surface area (Å²) in [6.45, 7) is 6.67. The first-order valence-electron chi connectivity index (χ1n) is 8.58. The largest absolute Gasteiger partial charge is 0.328 e. The Morgan fingerprint density at radius 2 is 1.80 bits per heavy atom. The number of nitrogens with one attached hydrogen (secondary N) is 1. The predicted octanol–water partition coefficient (Wildman–Crippen LogP) is 3.94. The number of hydrogen-bond donors (Lipinski definition) is 1. The van der Waals surface area contributed by atoms with Crippen LogP contribution in [-0.2, 0) is 13.0 Å². The van der Waals surface area contributed by atoms with Crippen molar-refractivity contribution in [3.63, 3.8) is 0 Å². The first-order valence-corrected chi connectivity index (χ1v) is 8.58. The van der Waals surface area contributed by atoms with Crippen molar-refractivity contribution in [1.29, 1.82) is 0 Å². The van der Waals surface area contributed by atoms with Crippen LogP contribution in [0.2, 0.25) is 0 Å². The molecule has 0 atom stereocenters. The van der Waals surface area contributed by atoms with Gasteiger partial charge in [0.1, 0.15) is 5.82 Å². The second kappa shape index (κ2) is 6.30. The first kappa shape index (κ1) is 14.1. The molecule has 0 radical (unpaired) electrons. The van der Waals surface area contributed by atoms with Crippen molar-refractivity contribution >= 4 is 0 Å². The highest BCUT2D eigenvalue weighted by Gasteiger charge is 2.26. The molecule has 3 rings (SSSR count). The summed E-state index contributed by atoms with van der Waals surface area (Å²) in [5, 5.41) is 3.47. The van der Waals surface area contributed by atoms with E-state index in [-0.39, 0.29) is 0 Å². The summed E-state index contributed by atoms with van der Waals surface area (Å²) in [6.07, 6.45) is 11.0. The monoisotopic (exact) mass is 275 g/mol. The summed E-state index contributed by atoms with van der Waals surface area (Å²) in [5.41, 5.74) is 2.86. The van der Waals surface area contributed by atoms with Gasteiger partial charge < -0.3 is 9.88 Å². The average Bonchev–Trinajstić information content (AvgIpc) is 2.78. The maximum Gasteiger partial charge on any atom is 0.112 e. The quantitative estimate of drug-likeness (QED) is 0.886. The minimum atomic E-state index is 0.533. The van der Waals surface area contributed by atoms with E-state index in [0.717, 1.165) is 19.5 Å². The van der Waals surface area contributed by atoms with Gasteiger partial charge in [0.25, 0.3) is 0 Å². The van der Waals surface area contributed by atoms with Crippen LogP contribution in [0.3, 0.4) is 0 Å². The van der Waals surface area contributed by atoms with Crippen molar-refractivity contribution < 1.29 is 0 Å². The number of nitrogens with zero attached hydrogens (tertiary/aromatic N) is 2. The van der Waals surface area contributed by atoms with Crippen molar-refractivity contribution in [3.05, 3.63) is 17.2 Å². The lowest BCUT2D eigenvalue weighted by Gasteiger charge is -2.27. The molecule has 1 aliphatic heterocycles. The van der Waals surface area contributed by atoms with Crippen molar-refractivity contribution in [1.82, 2.24) is 14.9 Å². The average molecular weight is 275 g/mol. The Balaban J connectivity index is 1.94. The highest BCUT2D eigenvalue weighted by Crippen LogP contribution is 2.33. The summed E-state index contributed by atoms with van der Waals surface area (Å²) < 4.78 is 2.66. The van der Waals surface area contributed by atoms with E-state index < -0.39 is 0 Å². The highest BCUT2D eigenvalue weighted by atomic mass is 15.1. The Labute approximate surface area is 123 Å². The molecule has 0 aromatic carbocycles. The molecule has 0 spiro atoms. The molecule has 0 bridgehead atoms. The van der Waals surface area contributed by atoms with Crippen LogP contribution in [-0.4, -0.2) is 16.1 Å². The molecule has 2 aliphatic rings. The van der Waals surface area contributed by atoms with Gasteiger partial charge in [-0.25, -0.2) is 4.98 Å². The lowest BCUT2D eigenvalue weighted by atomic mass is 9.95. The second-order valence-electron chi connectivity index (χ2n) is 6.81. The molecule has 3 nitrogen and oxygen atoms in total. The predicted molar refractivity (Wildman–Crippen MR) is 83.1 cm³/mol. The molecule has 1 aromatic heterocycles. The van der Waals surface area contributed by atoms with E-state index in [9.17, 15) is 0 Å². The Kier molecular flexibility index (Phi) is 4.45. The molecule has 0 saturated heterocycles. The lowest BCUT2D eigenvalue weighted by molar-refractivity contribution is 0.352. The van der Waals surface area contributed by atoms with E-state index in [4.69, 9.17) is 4.98 Å². The first-order chi connectivity index (χ1) is 9.77. The smallest absolute Gasteiger partial charge is 0.112 e. The van der Waals surface area contributed by atoms with Gasteiger partial charge in [-0.1, -0.05) is 46.0 Å². The van der Waals surface area contributed by atoms with E-state index in [1.165, 1.54) is 62.2 Å². The van der Waals surface area contributed by atoms with Gasteiger partial charge in [-0.3, -0.25) is 0 Å². The van der Waals surface area contributed by atoms with E-state index >= 15 is 0 Å². The summed E-state index contributed by atoms with van der Waals surface area (Å²) >= 11 is 0. The number of fused-ring (bicyclic) bond motifs is 1. The molecule has 112 valence electrons. The highest BCUT2D eigenvalue weighted by molar-refractivity contribution is 5.22. The zero-order valence-corrected chi connectivity index (χ0v) is 13.1. The Morgan fingerprint density at radius 3 is 2.50 bits per heavy atom. The number of imidazole rings is 1. The molecule has 0 amide bonds. The van der Waals surface area contributed by atoms with Gasteiger partial charge in [-0.2, -0.15) is 0 Å². The molecular weight excluding hydrogens is 246 g/mol. The van der Waals surface area contributed by atoms with Crippen LogP contribution in [0.25, 0.3) is 0 Å². The normalized spacial score (nSPS) is 21.6. The lowest BCUT2D eigenvalue weighted by Crippen LogP contribution is -2.26. The van der Waals surface area contributed by atoms with Gasteiger partial charge in [-0.15, -0.1) is 0 Å². The van der Waals surface area contributed by atoms with E-state index in [2.05, 4.69) is 23.7 Å². The fourth-order valence-corrected chi connectivity index (χ4v) is 3.86. The van der Waals surface area contributed by atoms with Crippen LogP contribution < -0.4 is 5.32 Å². The number of rotatable bonds is 2. The van der Waals surface area contributed by atoms with Crippen LogP contribution in [0.4, 0.5) is 0 Å². The van der Waals surface area contributed by atoms with Crippen LogP contribution in [0.5, 0.6) is 0 Å². The summed E-state index contributed by atoms with van der Waals surface area (Å²) in [7, 11) is 0. The fourth-order valence-electron chi connectivity index (χ4n) is 3.86. The zero-order chi connectivity index (χ0) is 13.9. The molecule has 2 heterocycles. The molecule has 1 N–H and O–H groups in total. The standard InChI is InChI=1S/C17H29N3/c1-13(2)17-19-15-12-18-11-10-16(15)20(17)14-8-6-4-3-5-7-9-14/h13-14,18H,3-12H2,1-2H3. The van der Waals surface area contributed by atoms with Crippen molar-refractivity contribution in [2.75, 3.05) is 6.54 Å². The Hall–Kier alpha value is -0.830. The molecule has 1 aromatic rings. The summed E-state index contributed by atoms with van der Waals surface area (Å²) in [4.78, 5) is 4.98. The molecule has 1 aliphatic carbocycles. The van der Waals surface area contributed by atoms with Crippen LogP contribution in [0, 0.1) is 0 Å². The van der Waals surface area contributed by atoms with Crippen molar-refractivity contribution in [3.8, 4) is 0 Å². The SMILES string of the molecule is CC(C)c1nc2c(n1C1CCCCCCC1)CCNC2. The fraction of sp³-hybridized carbons (Fsp3) is 0.824. The second-order valence-corrected chi connectivity index (χ2v) is 6.81. The topological polar surface area (TPSA) is 29.9 Å². The summed E-state index contributed by atoms with van der Waals surface area (Å²) in [5.74, 6) is 1.87. The third kappa shape index (κ3) is 2.78. The molecule has 3 heteroatoms. The maximum atomic E-state index is 4.98. The van der Waals surface area contributed by atoms with Gasteiger partial charge >= 0.3 is 0 Å². The molecule has 0 unspecified atom stereocenters. The van der Waals surface area contributed by atoms with Crippen LogP contribution in [0.15, 0.2) is 0 Å². The van der Waals surface area contributed by atoms with Gasteiger partial charge in [0.05, 0.1) is 5.69 Å². The minimum Gasteiger partial charge on any atom is -0.328 e. The van der Waals surface area contributed by atoms with E-state index in [1.54, 1.807) is 0 Å². The molecule has 20 heavy (non-hydrogen) atoms. The van der Waals surface area contributed by atoms with Gasteiger partial charge in [0.2, 0.25) is 0 Å². The van der Waals surface area contributed by atoms with Crippen LogP contribution >= 0.6 is 0 Å². The Bertz CT molecular complexity index is 439. The molecule has 1 saturated carbocycles. The maximum absolute atomic E-state index is 4.98. The summed E-state index contributed by atoms with van der Waals surface area (Å²) in [6, 6.07) is 0.710. The van der Waals surface area contributed by atoms with Crippen LogP contribution in [0.1, 0.15) is 88.0 Å². The molecular formula is C17H29N3. The van der Waals surface area contributed by atoms with E-state index in [1.807, 2.05) is 0 Å². The molecule has 1 fully saturated rings. The van der Waals surface area contributed by atoms with Gasteiger partial charge in [0.15, 0.2) is 0 Å². The third-order valence-electron chi connectivity index (χ3n) is 4.91. The van der Waals surface area contributed by atoms with Gasteiger partial charge in [0, 0.05) is 37.2 Å². The third-order valence-corrected chi connectivity index (χ3v) is 4.91. The zero-order valence-electron chi connectivity index (χ0n) is 13.1. The number of aromatic nitrogens is 2. The van der Waals surface area contributed by atoms with Gasteiger partial charge in [-0.05, 0) is 12.8 Å². The Morgan fingerprint density at radius 1 is 1.10 bits per heavy atom.